The molecule has 0 aliphatic heterocycles. The Kier molecular flexibility index (Phi) is 11.1. The second-order valence-electron chi connectivity index (χ2n) is 9.67. The predicted molar refractivity (Wildman–Crippen MR) is 159 cm³/mol. The number of benzene rings is 3. The van der Waals surface area contributed by atoms with Crippen LogP contribution in [0.25, 0.3) is 0 Å². The van der Waals surface area contributed by atoms with E-state index in [1.807, 2.05) is 68.4 Å². The zero-order valence-electron chi connectivity index (χ0n) is 23.7. The number of carbonyl (C=O) groups excluding carboxylic acids is 2. The number of hydrogen-bond acceptors (Lipinski definition) is 5. The van der Waals surface area contributed by atoms with Crippen LogP contribution in [-0.4, -0.2) is 57.6 Å². The molecule has 3 aromatic rings. The molecule has 40 heavy (non-hydrogen) atoms. The Morgan fingerprint density at radius 3 is 2.20 bits per heavy atom. The lowest BCUT2D eigenvalue weighted by molar-refractivity contribution is -0.141. The summed E-state index contributed by atoms with van der Waals surface area (Å²) in [7, 11) is -2.08. The van der Waals surface area contributed by atoms with Gasteiger partial charge in [-0.3, -0.25) is 13.9 Å². The third-order valence-corrected chi connectivity index (χ3v) is 7.76. The van der Waals surface area contributed by atoms with Crippen molar-refractivity contribution >= 4 is 27.5 Å². The number of hydrogen-bond donors (Lipinski definition) is 1. The lowest BCUT2D eigenvalue weighted by atomic mass is 10.0. The van der Waals surface area contributed by atoms with Gasteiger partial charge in [-0.15, -0.1) is 0 Å². The molecule has 0 aliphatic carbocycles. The zero-order chi connectivity index (χ0) is 29.1. The number of nitrogens with one attached hydrogen (secondary N) is 1. The van der Waals surface area contributed by atoms with Gasteiger partial charge in [0.25, 0.3) is 0 Å². The maximum Gasteiger partial charge on any atom is 0.242 e. The van der Waals surface area contributed by atoms with Crippen LogP contribution >= 0.6 is 0 Å². The van der Waals surface area contributed by atoms with Gasteiger partial charge in [-0.1, -0.05) is 72.3 Å². The Morgan fingerprint density at radius 1 is 0.925 bits per heavy atom. The first-order valence-electron chi connectivity index (χ1n) is 13.4. The molecule has 0 saturated carbocycles. The van der Waals surface area contributed by atoms with Gasteiger partial charge in [-0.25, -0.2) is 8.42 Å². The molecule has 9 heteroatoms. The standard InChI is InChI=1S/C31H39N3O5S/c1-5-39-29-15-10-9-14-27(29)34(40(4,37)38)21-11-16-30(35)33(23-26-19-17-24(2)18-20-26)28(31(36)32-3)22-25-12-7-6-8-13-25/h6-10,12-15,17-20,28H,5,11,16,21-23H2,1-4H3,(H,32,36). The van der Waals surface area contributed by atoms with Crippen molar-refractivity contribution in [2.45, 2.75) is 45.7 Å². The van der Waals surface area contributed by atoms with E-state index in [9.17, 15) is 18.0 Å². The summed E-state index contributed by atoms with van der Waals surface area (Å²) in [6, 6.07) is 23.7. The van der Waals surface area contributed by atoms with E-state index in [1.165, 1.54) is 4.31 Å². The molecule has 214 valence electrons. The molecular formula is C31H39N3O5S. The Balaban J connectivity index is 1.85. The van der Waals surface area contributed by atoms with Crippen LogP contribution < -0.4 is 14.4 Å². The topological polar surface area (TPSA) is 96.0 Å². The van der Waals surface area contributed by atoms with Crippen molar-refractivity contribution in [1.29, 1.82) is 0 Å². The third-order valence-electron chi connectivity index (χ3n) is 6.58. The largest absolute Gasteiger partial charge is 0.492 e. The second kappa shape index (κ2) is 14.5. The number of nitrogens with zero attached hydrogens (tertiary/aromatic N) is 2. The minimum atomic E-state index is -3.64. The summed E-state index contributed by atoms with van der Waals surface area (Å²) in [6.07, 6.45) is 1.83. The number of anilines is 1. The van der Waals surface area contributed by atoms with Crippen LogP contribution in [0.4, 0.5) is 5.69 Å². The Morgan fingerprint density at radius 2 is 1.57 bits per heavy atom. The maximum absolute atomic E-state index is 13.8. The fourth-order valence-corrected chi connectivity index (χ4v) is 5.50. The van der Waals surface area contributed by atoms with E-state index in [0.29, 0.717) is 24.5 Å². The molecule has 0 fully saturated rings. The smallest absolute Gasteiger partial charge is 0.242 e. The fraction of sp³-hybridized carbons (Fsp3) is 0.355. The van der Waals surface area contributed by atoms with Gasteiger partial charge < -0.3 is 15.0 Å². The van der Waals surface area contributed by atoms with Gasteiger partial charge in [0.15, 0.2) is 0 Å². The minimum Gasteiger partial charge on any atom is -0.492 e. The van der Waals surface area contributed by atoms with Crippen molar-refractivity contribution in [3.63, 3.8) is 0 Å². The van der Waals surface area contributed by atoms with Crippen LogP contribution in [0.5, 0.6) is 5.75 Å². The summed E-state index contributed by atoms with van der Waals surface area (Å²) < 4.78 is 32.4. The summed E-state index contributed by atoms with van der Waals surface area (Å²) >= 11 is 0. The van der Waals surface area contributed by atoms with E-state index in [2.05, 4.69) is 5.32 Å². The fourth-order valence-electron chi connectivity index (χ4n) is 4.53. The average molecular weight is 566 g/mol. The molecule has 0 radical (unpaired) electrons. The summed E-state index contributed by atoms with van der Waals surface area (Å²) in [5.74, 6) is -0.0188. The van der Waals surface area contributed by atoms with Crippen molar-refractivity contribution in [2.24, 2.45) is 0 Å². The molecule has 0 aliphatic rings. The van der Waals surface area contributed by atoms with Crippen LogP contribution in [0.15, 0.2) is 78.9 Å². The molecular weight excluding hydrogens is 526 g/mol. The van der Waals surface area contributed by atoms with Gasteiger partial charge in [0.1, 0.15) is 11.8 Å². The maximum atomic E-state index is 13.8. The molecule has 1 unspecified atom stereocenters. The van der Waals surface area contributed by atoms with Gasteiger partial charge in [0.2, 0.25) is 21.8 Å². The number of rotatable bonds is 14. The molecule has 3 aromatic carbocycles. The predicted octanol–water partition coefficient (Wildman–Crippen LogP) is 4.33. The summed E-state index contributed by atoms with van der Waals surface area (Å²) in [6.45, 7) is 4.57. The number of ether oxygens (including phenoxy) is 1. The first-order valence-corrected chi connectivity index (χ1v) is 15.3. The molecule has 3 rings (SSSR count). The van der Waals surface area contributed by atoms with Gasteiger partial charge in [0.05, 0.1) is 18.6 Å². The average Bonchev–Trinajstić information content (AvgIpc) is 2.94. The lowest BCUT2D eigenvalue weighted by Crippen LogP contribution is -2.49. The summed E-state index contributed by atoms with van der Waals surface area (Å²) in [5.41, 5.74) is 3.38. The molecule has 0 saturated heterocycles. The van der Waals surface area contributed by atoms with Gasteiger partial charge in [-0.05, 0) is 43.5 Å². The SMILES string of the molecule is CCOc1ccccc1N(CCCC(=O)N(Cc1ccc(C)cc1)C(Cc1ccccc1)C(=O)NC)S(C)(=O)=O. The summed E-state index contributed by atoms with van der Waals surface area (Å²) in [4.78, 5) is 28.5. The summed E-state index contributed by atoms with van der Waals surface area (Å²) in [5, 5.41) is 2.72. The van der Waals surface area contributed by atoms with Gasteiger partial charge in [0, 0.05) is 33.0 Å². The Bertz CT molecular complexity index is 1360. The number of aryl methyl sites for hydroxylation is 1. The highest BCUT2D eigenvalue weighted by molar-refractivity contribution is 7.92. The van der Waals surface area contributed by atoms with Crippen LogP contribution in [0.2, 0.25) is 0 Å². The van der Waals surface area contributed by atoms with Crippen molar-refractivity contribution in [3.05, 3.63) is 95.6 Å². The van der Waals surface area contributed by atoms with Crippen LogP contribution in [0.1, 0.15) is 36.5 Å². The third kappa shape index (κ3) is 8.58. The molecule has 0 aromatic heterocycles. The number of amides is 2. The molecule has 0 spiro atoms. The molecule has 8 nitrogen and oxygen atoms in total. The van der Waals surface area contributed by atoms with Crippen LogP contribution in [0, 0.1) is 6.92 Å². The van der Waals surface area contributed by atoms with Crippen molar-refractivity contribution in [3.8, 4) is 5.75 Å². The first-order chi connectivity index (χ1) is 19.1. The number of likely N-dealkylation sites (N-methyl/N-ethyl adjacent to an activating group) is 1. The molecule has 1 atom stereocenters. The number of para-hydroxylation sites is 2. The highest BCUT2D eigenvalue weighted by Crippen LogP contribution is 2.30. The van der Waals surface area contributed by atoms with Gasteiger partial charge >= 0.3 is 0 Å². The Hall–Kier alpha value is -3.85. The molecule has 0 heterocycles. The van der Waals surface area contributed by atoms with E-state index in [0.717, 1.165) is 22.9 Å². The van der Waals surface area contributed by atoms with E-state index in [4.69, 9.17) is 4.74 Å². The quantitative estimate of drug-likeness (QED) is 0.314. The highest BCUT2D eigenvalue weighted by Gasteiger charge is 2.30. The van der Waals surface area contributed by atoms with E-state index >= 15 is 0 Å². The number of sulfonamides is 1. The van der Waals surface area contributed by atoms with Crippen molar-refractivity contribution < 1.29 is 22.7 Å². The van der Waals surface area contributed by atoms with Crippen LogP contribution in [-0.2, 0) is 32.6 Å². The van der Waals surface area contributed by atoms with Crippen molar-refractivity contribution in [2.75, 3.05) is 30.8 Å². The minimum absolute atomic E-state index is 0.0664. The molecule has 2 amide bonds. The normalized spacial score (nSPS) is 11.9. The van der Waals surface area contributed by atoms with Gasteiger partial charge in [-0.2, -0.15) is 0 Å². The second-order valence-corrected chi connectivity index (χ2v) is 11.6. The molecule has 0 bridgehead atoms. The number of carbonyl (C=O) groups is 2. The highest BCUT2D eigenvalue weighted by atomic mass is 32.2. The Labute approximate surface area is 238 Å². The van der Waals surface area contributed by atoms with Crippen LogP contribution in [0.3, 0.4) is 0 Å². The van der Waals surface area contributed by atoms with E-state index in [1.54, 1.807) is 36.2 Å². The van der Waals surface area contributed by atoms with E-state index in [-0.39, 0.29) is 37.7 Å². The zero-order valence-corrected chi connectivity index (χ0v) is 24.5. The molecule has 1 N–H and O–H groups in total. The van der Waals surface area contributed by atoms with Crippen molar-refractivity contribution in [1.82, 2.24) is 10.2 Å². The first kappa shape index (κ1) is 30.7. The monoisotopic (exact) mass is 565 g/mol. The van der Waals surface area contributed by atoms with E-state index < -0.39 is 16.1 Å². The lowest BCUT2D eigenvalue weighted by Gasteiger charge is -2.31.